The van der Waals surface area contributed by atoms with E-state index in [0.29, 0.717) is 0 Å². The van der Waals surface area contributed by atoms with Crippen LogP contribution in [0.2, 0.25) is 0 Å². The Hall–Kier alpha value is -0.830. The summed E-state index contributed by atoms with van der Waals surface area (Å²) in [4.78, 5) is 6.53. The predicted octanol–water partition coefficient (Wildman–Crippen LogP) is 0.872. The molecule has 1 aromatic heterocycles. The first-order valence-electron chi connectivity index (χ1n) is 4.43. The summed E-state index contributed by atoms with van der Waals surface area (Å²) < 4.78 is 2.09. The molecule has 0 aliphatic carbocycles. The average Bonchev–Trinajstić information content (AvgIpc) is 2.33. The van der Waals surface area contributed by atoms with Crippen molar-refractivity contribution in [1.29, 1.82) is 0 Å². The highest BCUT2D eigenvalue weighted by Crippen LogP contribution is 2.16. The molecule has 3 heteroatoms. The summed E-state index contributed by atoms with van der Waals surface area (Å²) in [5, 5.41) is 0. The predicted molar refractivity (Wildman–Crippen MR) is 47.6 cm³/mol. The van der Waals surface area contributed by atoms with Crippen LogP contribution in [0.15, 0.2) is 12.5 Å². The van der Waals surface area contributed by atoms with Gasteiger partial charge in [-0.1, -0.05) is 6.92 Å². The monoisotopic (exact) mass is 165 g/mol. The molecule has 1 aliphatic rings. The Morgan fingerprint density at radius 3 is 2.83 bits per heavy atom. The Balaban J connectivity index is 1.92. The van der Waals surface area contributed by atoms with E-state index >= 15 is 0 Å². The lowest BCUT2D eigenvalue weighted by Gasteiger charge is -2.36. The smallest absolute Gasteiger partial charge is 0.0945 e. The number of aromatic nitrogens is 2. The Labute approximate surface area is 73.0 Å². The Morgan fingerprint density at radius 1 is 1.58 bits per heavy atom. The minimum atomic E-state index is 0.887. The standard InChI is InChI=1S/C9H15N3/c1-8-4-12(5-8)6-9-3-10-7-11(9)2/h3,7-8H,4-6H2,1-2H3. The number of rotatable bonds is 2. The molecule has 0 atom stereocenters. The Kier molecular flexibility index (Phi) is 1.89. The van der Waals surface area contributed by atoms with Gasteiger partial charge in [0.2, 0.25) is 0 Å². The summed E-state index contributed by atoms with van der Waals surface area (Å²) in [5.74, 6) is 0.887. The lowest BCUT2D eigenvalue weighted by atomic mass is 10.0. The fourth-order valence-corrected chi connectivity index (χ4v) is 1.72. The van der Waals surface area contributed by atoms with E-state index in [-0.39, 0.29) is 0 Å². The molecule has 1 aromatic rings. The number of hydrogen-bond acceptors (Lipinski definition) is 2. The minimum absolute atomic E-state index is 0.887. The van der Waals surface area contributed by atoms with Crippen LogP contribution >= 0.6 is 0 Å². The summed E-state index contributed by atoms with van der Waals surface area (Å²) in [5.41, 5.74) is 1.31. The van der Waals surface area contributed by atoms with Gasteiger partial charge in [0, 0.05) is 32.9 Å². The molecule has 2 heterocycles. The van der Waals surface area contributed by atoms with Gasteiger partial charge in [-0.05, 0) is 5.92 Å². The van der Waals surface area contributed by atoms with Crippen LogP contribution in [-0.4, -0.2) is 27.5 Å². The number of aryl methyl sites for hydroxylation is 1. The van der Waals surface area contributed by atoms with E-state index in [2.05, 4.69) is 21.4 Å². The maximum Gasteiger partial charge on any atom is 0.0945 e. The van der Waals surface area contributed by atoms with Crippen LogP contribution in [0.3, 0.4) is 0 Å². The highest BCUT2D eigenvalue weighted by Gasteiger charge is 2.22. The van der Waals surface area contributed by atoms with Gasteiger partial charge in [0.1, 0.15) is 0 Å². The van der Waals surface area contributed by atoms with Crippen LogP contribution in [-0.2, 0) is 13.6 Å². The van der Waals surface area contributed by atoms with Gasteiger partial charge >= 0.3 is 0 Å². The lowest BCUT2D eigenvalue weighted by Crippen LogP contribution is -2.44. The van der Waals surface area contributed by atoms with Crippen molar-refractivity contribution in [2.75, 3.05) is 13.1 Å². The fourth-order valence-electron chi connectivity index (χ4n) is 1.72. The zero-order valence-electron chi connectivity index (χ0n) is 7.70. The van der Waals surface area contributed by atoms with Crippen molar-refractivity contribution in [1.82, 2.24) is 14.5 Å². The summed E-state index contributed by atoms with van der Waals surface area (Å²) in [6.45, 7) is 5.83. The van der Waals surface area contributed by atoms with Crippen LogP contribution in [0.5, 0.6) is 0 Å². The van der Waals surface area contributed by atoms with E-state index in [0.717, 1.165) is 12.5 Å². The molecule has 2 rings (SSSR count). The second kappa shape index (κ2) is 2.90. The van der Waals surface area contributed by atoms with Gasteiger partial charge in [-0.3, -0.25) is 4.90 Å². The maximum absolute atomic E-state index is 4.09. The summed E-state index contributed by atoms with van der Waals surface area (Å²) in [6.07, 6.45) is 3.81. The van der Waals surface area contributed by atoms with Crippen LogP contribution < -0.4 is 0 Å². The van der Waals surface area contributed by atoms with Gasteiger partial charge in [-0.2, -0.15) is 0 Å². The molecule has 0 spiro atoms. The molecule has 12 heavy (non-hydrogen) atoms. The van der Waals surface area contributed by atoms with Crippen molar-refractivity contribution >= 4 is 0 Å². The van der Waals surface area contributed by atoms with Gasteiger partial charge < -0.3 is 4.57 Å². The summed E-state index contributed by atoms with van der Waals surface area (Å²) >= 11 is 0. The van der Waals surface area contributed by atoms with Gasteiger partial charge in [0.25, 0.3) is 0 Å². The van der Waals surface area contributed by atoms with Crippen molar-refractivity contribution in [3.63, 3.8) is 0 Å². The molecule has 0 bridgehead atoms. The van der Waals surface area contributed by atoms with E-state index in [4.69, 9.17) is 0 Å². The summed E-state index contributed by atoms with van der Waals surface area (Å²) in [7, 11) is 2.05. The molecular weight excluding hydrogens is 150 g/mol. The van der Waals surface area contributed by atoms with Crippen molar-refractivity contribution in [2.24, 2.45) is 13.0 Å². The Morgan fingerprint density at radius 2 is 2.33 bits per heavy atom. The van der Waals surface area contributed by atoms with E-state index in [9.17, 15) is 0 Å². The first-order chi connectivity index (χ1) is 5.75. The summed E-state index contributed by atoms with van der Waals surface area (Å²) in [6, 6.07) is 0. The maximum atomic E-state index is 4.09. The van der Waals surface area contributed by atoms with E-state index in [1.807, 2.05) is 19.6 Å². The first-order valence-corrected chi connectivity index (χ1v) is 4.43. The quantitative estimate of drug-likeness (QED) is 0.648. The highest BCUT2D eigenvalue weighted by molar-refractivity contribution is 4.98. The van der Waals surface area contributed by atoms with E-state index in [1.165, 1.54) is 18.8 Å². The van der Waals surface area contributed by atoms with Crippen LogP contribution in [0.1, 0.15) is 12.6 Å². The molecule has 66 valence electrons. The highest BCUT2D eigenvalue weighted by atomic mass is 15.2. The fraction of sp³-hybridized carbons (Fsp3) is 0.667. The average molecular weight is 165 g/mol. The molecule has 0 radical (unpaired) electrons. The second-order valence-electron chi connectivity index (χ2n) is 3.80. The molecule has 0 N–H and O–H groups in total. The number of hydrogen-bond donors (Lipinski definition) is 0. The minimum Gasteiger partial charge on any atom is -0.337 e. The molecule has 1 saturated heterocycles. The molecule has 0 saturated carbocycles. The number of likely N-dealkylation sites (tertiary alicyclic amines) is 1. The van der Waals surface area contributed by atoms with Crippen LogP contribution in [0.4, 0.5) is 0 Å². The SMILES string of the molecule is CC1CN(Cc2cncn2C)C1. The van der Waals surface area contributed by atoms with Crippen molar-refractivity contribution in [3.05, 3.63) is 18.2 Å². The molecular formula is C9H15N3. The number of imidazole rings is 1. The third-order valence-corrected chi connectivity index (χ3v) is 2.44. The first kappa shape index (κ1) is 7.80. The topological polar surface area (TPSA) is 21.1 Å². The van der Waals surface area contributed by atoms with Crippen LogP contribution in [0.25, 0.3) is 0 Å². The second-order valence-corrected chi connectivity index (χ2v) is 3.80. The van der Waals surface area contributed by atoms with Gasteiger partial charge in [-0.25, -0.2) is 4.98 Å². The third kappa shape index (κ3) is 1.37. The van der Waals surface area contributed by atoms with Gasteiger partial charge in [0.15, 0.2) is 0 Å². The largest absolute Gasteiger partial charge is 0.337 e. The number of nitrogens with zero attached hydrogens (tertiary/aromatic N) is 3. The van der Waals surface area contributed by atoms with Gasteiger partial charge in [-0.15, -0.1) is 0 Å². The zero-order valence-corrected chi connectivity index (χ0v) is 7.70. The van der Waals surface area contributed by atoms with E-state index in [1.54, 1.807) is 0 Å². The normalized spacial score (nSPS) is 19.5. The molecule has 0 unspecified atom stereocenters. The molecule has 0 aromatic carbocycles. The Bertz CT molecular complexity index is 260. The molecule has 1 fully saturated rings. The zero-order chi connectivity index (χ0) is 8.55. The van der Waals surface area contributed by atoms with E-state index < -0.39 is 0 Å². The van der Waals surface area contributed by atoms with Crippen LogP contribution in [0, 0.1) is 5.92 Å². The third-order valence-electron chi connectivity index (χ3n) is 2.44. The van der Waals surface area contributed by atoms with Crippen molar-refractivity contribution in [2.45, 2.75) is 13.5 Å². The molecule has 1 aliphatic heterocycles. The van der Waals surface area contributed by atoms with Gasteiger partial charge in [0.05, 0.1) is 12.0 Å². The lowest BCUT2D eigenvalue weighted by molar-refractivity contribution is 0.102. The van der Waals surface area contributed by atoms with Crippen molar-refractivity contribution < 1.29 is 0 Å². The molecule has 3 nitrogen and oxygen atoms in total. The van der Waals surface area contributed by atoms with Crippen molar-refractivity contribution in [3.8, 4) is 0 Å². The molecule has 0 amide bonds.